The fourth-order valence-electron chi connectivity index (χ4n) is 1.56. The van der Waals surface area contributed by atoms with Gasteiger partial charge in [0.2, 0.25) is 0 Å². The molecule has 0 bridgehead atoms. The maximum atomic E-state index is 9.84. The zero-order valence-electron chi connectivity index (χ0n) is 8.63. The van der Waals surface area contributed by atoms with E-state index in [2.05, 4.69) is 0 Å². The summed E-state index contributed by atoms with van der Waals surface area (Å²) in [5.41, 5.74) is -0.488. The molecule has 0 saturated carbocycles. The molecule has 3 nitrogen and oxygen atoms in total. The molecule has 0 aromatic heterocycles. The molecule has 3 heteroatoms. The normalized spacial score (nSPS) is 38.6. The van der Waals surface area contributed by atoms with Crippen LogP contribution >= 0.6 is 0 Å². The third-order valence-corrected chi connectivity index (χ3v) is 2.85. The van der Waals surface area contributed by atoms with Crippen LogP contribution in [0.4, 0.5) is 0 Å². The molecule has 2 atom stereocenters. The van der Waals surface area contributed by atoms with Gasteiger partial charge in [0.1, 0.15) is 0 Å². The van der Waals surface area contributed by atoms with Crippen molar-refractivity contribution in [1.82, 2.24) is 0 Å². The fourth-order valence-corrected chi connectivity index (χ4v) is 1.56. The van der Waals surface area contributed by atoms with E-state index < -0.39 is 0 Å². The number of hydrogen-bond acceptors (Lipinski definition) is 3. The number of hydrogen-bond donors (Lipinski definition) is 2. The van der Waals surface area contributed by atoms with Gasteiger partial charge in [-0.25, -0.2) is 0 Å². The third kappa shape index (κ3) is 2.29. The lowest BCUT2D eigenvalue weighted by Crippen LogP contribution is -2.49. The molecule has 1 rings (SSSR count). The van der Waals surface area contributed by atoms with Gasteiger partial charge in [0, 0.05) is 18.3 Å². The summed E-state index contributed by atoms with van der Waals surface area (Å²) in [4.78, 5) is 0. The van der Waals surface area contributed by atoms with Gasteiger partial charge in [-0.05, 0) is 13.1 Å². The molecule has 1 heterocycles. The van der Waals surface area contributed by atoms with Crippen molar-refractivity contribution in [3.63, 3.8) is 0 Å². The molecule has 13 heavy (non-hydrogen) atoms. The maximum Gasteiger partial charge on any atom is 0.0728 e. The quantitative estimate of drug-likeness (QED) is 0.642. The maximum absolute atomic E-state index is 9.84. The predicted molar refractivity (Wildman–Crippen MR) is 52.2 cm³/mol. The number of aliphatic hydroxyl groups excluding tert-OH is 1. The summed E-state index contributed by atoms with van der Waals surface area (Å²) in [6.45, 7) is 6.53. The van der Waals surface area contributed by atoms with Crippen molar-refractivity contribution in [1.29, 1.82) is 5.41 Å². The zero-order chi connectivity index (χ0) is 10.1. The van der Waals surface area contributed by atoms with E-state index >= 15 is 0 Å². The first kappa shape index (κ1) is 10.7. The largest absolute Gasteiger partial charge is 0.392 e. The molecule has 1 aliphatic heterocycles. The van der Waals surface area contributed by atoms with Crippen molar-refractivity contribution >= 4 is 6.21 Å². The van der Waals surface area contributed by atoms with Crippen LogP contribution in [0.15, 0.2) is 0 Å². The lowest BCUT2D eigenvalue weighted by atomic mass is 9.77. The predicted octanol–water partition coefficient (Wildman–Crippen LogP) is 1.59. The van der Waals surface area contributed by atoms with E-state index in [1.165, 1.54) is 6.21 Å². The highest BCUT2D eigenvalue weighted by Gasteiger charge is 2.41. The Kier molecular flexibility index (Phi) is 2.78. The van der Waals surface area contributed by atoms with Crippen LogP contribution in [0.1, 0.15) is 33.6 Å². The molecular weight excluding hydrogens is 166 g/mol. The van der Waals surface area contributed by atoms with E-state index in [9.17, 15) is 5.11 Å². The SMILES string of the molecule is CC1(CC=N)CC(O)C(C)(C)CO1. The van der Waals surface area contributed by atoms with Gasteiger partial charge in [0.15, 0.2) is 0 Å². The second kappa shape index (κ2) is 3.39. The topological polar surface area (TPSA) is 53.3 Å². The summed E-state index contributed by atoms with van der Waals surface area (Å²) >= 11 is 0. The van der Waals surface area contributed by atoms with E-state index in [1.54, 1.807) is 0 Å². The lowest BCUT2D eigenvalue weighted by molar-refractivity contribution is -0.164. The van der Waals surface area contributed by atoms with Gasteiger partial charge in [-0.1, -0.05) is 13.8 Å². The number of ether oxygens (including phenoxy) is 1. The van der Waals surface area contributed by atoms with Crippen molar-refractivity contribution in [3.8, 4) is 0 Å². The molecule has 1 saturated heterocycles. The molecule has 0 aromatic carbocycles. The Morgan fingerprint density at radius 1 is 1.54 bits per heavy atom. The van der Waals surface area contributed by atoms with Crippen molar-refractivity contribution < 1.29 is 9.84 Å². The lowest BCUT2D eigenvalue weighted by Gasteiger charge is -2.44. The van der Waals surface area contributed by atoms with Gasteiger partial charge < -0.3 is 15.3 Å². The minimum Gasteiger partial charge on any atom is -0.392 e. The van der Waals surface area contributed by atoms with E-state index in [4.69, 9.17) is 10.1 Å². The average molecular weight is 185 g/mol. The Morgan fingerprint density at radius 2 is 2.15 bits per heavy atom. The zero-order valence-corrected chi connectivity index (χ0v) is 8.63. The highest BCUT2D eigenvalue weighted by Crippen LogP contribution is 2.37. The molecule has 0 aliphatic carbocycles. The minimum atomic E-state index is -0.337. The van der Waals surface area contributed by atoms with E-state index in [1.807, 2.05) is 20.8 Å². The number of nitrogens with one attached hydrogen (secondary N) is 1. The van der Waals surface area contributed by atoms with Crippen LogP contribution in [-0.2, 0) is 4.74 Å². The summed E-state index contributed by atoms with van der Waals surface area (Å²) in [5, 5.41) is 16.9. The molecule has 76 valence electrons. The van der Waals surface area contributed by atoms with Crippen LogP contribution in [0.3, 0.4) is 0 Å². The molecule has 0 aromatic rings. The molecule has 1 fully saturated rings. The second-order valence-corrected chi connectivity index (χ2v) is 4.86. The Balaban J connectivity index is 2.64. The highest BCUT2D eigenvalue weighted by molar-refractivity contribution is 5.54. The van der Waals surface area contributed by atoms with Gasteiger partial charge >= 0.3 is 0 Å². The molecule has 0 spiro atoms. The van der Waals surface area contributed by atoms with Gasteiger partial charge in [0.25, 0.3) is 0 Å². The molecule has 2 N–H and O–H groups in total. The van der Waals surface area contributed by atoms with Crippen LogP contribution < -0.4 is 0 Å². The van der Waals surface area contributed by atoms with Crippen LogP contribution in [0.25, 0.3) is 0 Å². The highest BCUT2D eigenvalue weighted by atomic mass is 16.5. The summed E-state index contributed by atoms with van der Waals surface area (Å²) in [6.07, 6.45) is 2.23. The van der Waals surface area contributed by atoms with Gasteiger partial charge in [-0.15, -0.1) is 0 Å². The fraction of sp³-hybridized carbons (Fsp3) is 0.900. The Morgan fingerprint density at radius 3 is 2.62 bits per heavy atom. The number of rotatable bonds is 2. The van der Waals surface area contributed by atoms with Gasteiger partial charge in [0.05, 0.1) is 18.3 Å². The van der Waals surface area contributed by atoms with E-state index in [0.717, 1.165) is 0 Å². The van der Waals surface area contributed by atoms with Crippen LogP contribution in [0.5, 0.6) is 0 Å². The summed E-state index contributed by atoms with van der Waals surface area (Å²) in [5.74, 6) is 0. The molecule has 2 unspecified atom stereocenters. The molecular formula is C10H19NO2. The van der Waals surface area contributed by atoms with Crippen molar-refractivity contribution in [2.45, 2.75) is 45.3 Å². The summed E-state index contributed by atoms with van der Waals surface area (Å²) in [7, 11) is 0. The first-order valence-corrected chi connectivity index (χ1v) is 4.71. The van der Waals surface area contributed by atoms with Crippen molar-refractivity contribution in [3.05, 3.63) is 0 Å². The van der Waals surface area contributed by atoms with Crippen LogP contribution in [0, 0.1) is 10.8 Å². The summed E-state index contributed by atoms with van der Waals surface area (Å²) < 4.78 is 5.68. The van der Waals surface area contributed by atoms with Crippen molar-refractivity contribution in [2.75, 3.05) is 6.61 Å². The van der Waals surface area contributed by atoms with E-state index in [0.29, 0.717) is 19.4 Å². The smallest absolute Gasteiger partial charge is 0.0728 e. The summed E-state index contributed by atoms with van der Waals surface area (Å²) in [6, 6.07) is 0. The molecule has 1 aliphatic rings. The molecule has 0 radical (unpaired) electrons. The first-order valence-electron chi connectivity index (χ1n) is 4.71. The Hall–Kier alpha value is -0.410. The van der Waals surface area contributed by atoms with Gasteiger partial charge in [-0.3, -0.25) is 0 Å². The van der Waals surface area contributed by atoms with E-state index in [-0.39, 0.29) is 17.1 Å². The standard InChI is InChI=1S/C10H19NO2/c1-9(2)7-13-10(3,4-5-11)6-8(9)12/h5,8,11-12H,4,6-7H2,1-3H3. The monoisotopic (exact) mass is 185 g/mol. The van der Waals surface area contributed by atoms with Crippen LogP contribution in [0.2, 0.25) is 0 Å². The minimum absolute atomic E-state index is 0.151. The Labute approximate surface area is 79.6 Å². The second-order valence-electron chi connectivity index (χ2n) is 4.86. The van der Waals surface area contributed by atoms with Crippen molar-refractivity contribution in [2.24, 2.45) is 5.41 Å². The Bertz CT molecular complexity index is 203. The number of aliphatic hydroxyl groups is 1. The third-order valence-electron chi connectivity index (χ3n) is 2.85. The van der Waals surface area contributed by atoms with Crippen LogP contribution in [-0.4, -0.2) is 29.6 Å². The molecule has 0 amide bonds. The average Bonchev–Trinajstić information content (AvgIpc) is 1.99. The van der Waals surface area contributed by atoms with Gasteiger partial charge in [-0.2, -0.15) is 0 Å². The first-order chi connectivity index (χ1) is 5.90.